The highest BCUT2D eigenvalue weighted by Crippen LogP contribution is 2.34. The van der Waals surface area contributed by atoms with Gasteiger partial charge in [-0.25, -0.2) is 0 Å². The fraction of sp³-hybridized carbons (Fsp3) is 0.450. The van der Waals surface area contributed by atoms with Crippen LogP contribution < -0.4 is 0 Å². The Kier molecular flexibility index (Phi) is 7.69. The van der Waals surface area contributed by atoms with Gasteiger partial charge in [0.1, 0.15) is 11.9 Å². The van der Waals surface area contributed by atoms with Crippen LogP contribution in [0, 0.1) is 11.8 Å². The Labute approximate surface area is 152 Å². The summed E-state index contributed by atoms with van der Waals surface area (Å²) in [7, 11) is 0. The second kappa shape index (κ2) is 9.99. The average molecular weight is 359 g/mol. The van der Waals surface area contributed by atoms with E-state index in [1.165, 1.54) is 0 Å². The SMILES string of the molecule is O=C(O)CCCC=CC[C@H]1[C@@H](O)CC(=O)[C@@H]1C=C[C@@H](O)c1ccccn1. The fourth-order valence-corrected chi connectivity index (χ4v) is 3.14. The van der Waals surface area contributed by atoms with Crippen molar-refractivity contribution in [3.63, 3.8) is 0 Å². The van der Waals surface area contributed by atoms with E-state index in [2.05, 4.69) is 4.98 Å². The zero-order chi connectivity index (χ0) is 18.9. The Morgan fingerprint density at radius 2 is 2.15 bits per heavy atom. The zero-order valence-electron chi connectivity index (χ0n) is 14.6. The molecule has 140 valence electrons. The smallest absolute Gasteiger partial charge is 0.303 e. The quantitative estimate of drug-likeness (QED) is 0.462. The van der Waals surface area contributed by atoms with E-state index in [0.717, 1.165) is 0 Å². The molecule has 6 nitrogen and oxygen atoms in total. The van der Waals surface area contributed by atoms with Crippen molar-refractivity contribution >= 4 is 11.8 Å². The number of hydrogen-bond acceptors (Lipinski definition) is 5. The first-order valence-corrected chi connectivity index (χ1v) is 8.84. The second-order valence-electron chi connectivity index (χ2n) is 6.50. The predicted octanol–water partition coefficient (Wildman–Crippen LogP) is 2.44. The molecule has 6 heteroatoms. The van der Waals surface area contributed by atoms with Crippen LogP contribution in [0.2, 0.25) is 0 Å². The van der Waals surface area contributed by atoms with Gasteiger partial charge < -0.3 is 15.3 Å². The largest absolute Gasteiger partial charge is 0.481 e. The van der Waals surface area contributed by atoms with Crippen molar-refractivity contribution in [3.05, 3.63) is 54.4 Å². The standard InChI is InChI=1S/C20H25NO5/c22-17(16-8-5-6-12-21-16)11-10-15-14(18(23)13-19(15)24)7-3-1-2-4-9-20(25)26/h1,3,5-6,8,10-12,14-15,17-18,22-23H,2,4,7,9,13H2,(H,25,26)/t14-,15-,17-,18+/m1/s1. The van der Waals surface area contributed by atoms with Crippen molar-refractivity contribution in [1.82, 2.24) is 4.98 Å². The number of pyridine rings is 1. The Bertz CT molecular complexity index is 655. The fourth-order valence-electron chi connectivity index (χ4n) is 3.14. The van der Waals surface area contributed by atoms with Crippen LogP contribution in [-0.4, -0.2) is 38.2 Å². The van der Waals surface area contributed by atoms with Crippen molar-refractivity contribution in [1.29, 1.82) is 0 Å². The molecule has 1 aliphatic carbocycles. The first kappa shape index (κ1) is 20.0. The number of aliphatic carboxylic acids is 1. The van der Waals surface area contributed by atoms with E-state index in [-0.39, 0.29) is 24.5 Å². The maximum atomic E-state index is 12.2. The van der Waals surface area contributed by atoms with E-state index in [4.69, 9.17) is 5.11 Å². The molecule has 26 heavy (non-hydrogen) atoms. The highest BCUT2D eigenvalue weighted by Gasteiger charge is 2.39. The molecule has 2 rings (SSSR count). The van der Waals surface area contributed by atoms with Gasteiger partial charge in [-0.1, -0.05) is 30.4 Å². The number of carbonyl (C=O) groups excluding carboxylic acids is 1. The molecule has 0 amide bonds. The van der Waals surface area contributed by atoms with Crippen LogP contribution in [0.25, 0.3) is 0 Å². The first-order valence-electron chi connectivity index (χ1n) is 8.84. The lowest BCUT2D eigenvalue weighted by atomic mass is 9.90. The molecule has 1 fully saturated rings. The summed E-state index contributed by atoms with van der Waals surface area (Å²) in [6, 6.07) is 5.25. The molecule has 1 aromatic rings. The van der Waals surface area contributed by atoms with E-state index in [9.17, 15) is 19.8 Å². The van der Waals surface area contributed by atoms with Crippen molar-refractivity contribution in [2.45, 2.75) is 44.3 Å². The predicted molar refractivity (Wildman–Crippen MR) is 96.2 cm³/mol. The Morgan fingerprint density at radius 3 is 2.85 bits per heavy atom. The molecular formula is C20H25NO5. The van der Waals surface area contributed by atoms with Gasteiger partial charge in [-0.3, -0.25) is 14.6 Å². The molecule has 0 saturated heterocycles. The third-order valence-corrected chi connectivity index (χ3v) is 4.57. The number of carboxylic acids is 1. The van der Waals surface area contributed by atoms with Crippen LogP contribution in [0.5, 0.6) is 0 Å². The van der Waals surface area contributed by atoms with Crippen molar-refractivity contribution in [3.8, 4) is 0 Å². The van der Waals surface area contributed by atoms with Crippen LogP contribution in [0.4, 0.5) is 0 Å². The second-order valence-corrected chi connectivity index (χ2v) is 6.50. The number of aliphatic hydroxyl groups is 2. The van der Waals surface area contributed by atoms with E-state index in [0.29, 0.717) is 25.0 Å². The van der Waals surface area contributed by atoms with Gasteiger partial charge in [0.15, 0.2) is 0 Å². The summed E-state index contributed by atoms with van der Waals surface area (Å²) in [5, 5.41) is 28.9. The summed E-state index contributed by atoms with van der Waals surface area (Å²) < 4.78 is 0. The molecule has 0 bridgehead atoms. The summed E-state index contributed by atoms with van der Waals surface area (Å²) in [5.74, 6) is -1.52. The lowest BCUT2D eigenvalue weighted by molar-refractivity contribution is -0.137. The number of rotatable bonds is 9. The third-order valence-electron chi connectivity index (χ3n) is 4.57. The number of nitrogens with zero attached hydrogens (tertiary/aromatic N) is 1. The lowest BCUT2D eigenvalue weighted by Gasteiger charge is -2.17. The minimum absolute atomic E-state index is 0.0359. The molecule has 1 aliphatic rings. The Hall–Kier alpha value is -2.31. The molecule has 0 radical (unpaired) electrons. The average Bonchev–Trinajstić information content (AvgIpc) is 2.89. The van der Waals surface area contributed by atoms with Gasteiger partial charge in [0, 0.05) is 30.9 Å². The highest BCUT2D eigenvalue weighted by molar-refractivity contribution is 5.86. The number of aromatic nitrogens is 1. The summed E-state index contributed by atoms with van der Waals surface area (Å²) in [6.45, 7) is 0. The number of ketones is 1. The number of allylic oxidation sites excluding steroid dienone is 3. The molecule has 3 N–H and O–H groups in total. The minimum atomic E-state index is -0.894. The molecular weight excluding hydrogens is 334 g/mol. The van der Waals surface area contributed by atoms with Gasteiger partial charge in [-0.2, -0.15) is 0 Å². The number of carboxylic acid groups (broad SMARTS) is 1. The van der Waals surface area contributed by atoms with Gasteiger partial charge in [0.25, 0.3) is 0 Å². The third kappa shape index (κ3) is 5.89. The first-order chi connectivity index (χ1) is 12.5. The number of unbranched alkanes of at least 4 members (excludes halogenated alkanes) is 1. The zero-order valence-corrected chi connectivity index (χ0v) is 14.6. The lowest BCUT2D eigenvalue weighted by Crippen LogP contribution is -2.18. The summed E-state index contributed by atoms with van der Waals surface area (Å²) in [6.07, 6.45) is 9.00. The van der Waals surface area contributed by atoms with Crippen LogP contribution in [0.15, 0.2) is 48.7 Å². The van der Waals surface area contributed by atoms with Crippen molar-refractivity contribution in [2.75, 3.05) is 0 Å². The topological polar surface area (TPSA) is 108 Å². The number of hydrogen-bond donors (Lipinski definition) is 3. The van der Waals surface area contributed by atoms with Crippen molar-refractivity contribution in [2.24, 2.45) is 11.8 Å². The van der Waals surface area contributed by atoms with E-state index in [1.54, 1.807) is 36.5 Å². The Morgan fingerprint density at radius 1 is 1.35 bits per heavy atom. The van der Waals surface area contributed by atoms with Crippen LogP contribution >= 0.6 is 0 Å². The monoisotopic (exact) mass is 359 g/mol. The summed E-state index contributed by atoms with van der Waals surface area (Å²) in [5.41, 5.74) is 0.504. The number of carbonyl (C=O) groups is 2. The minimum Gasteiger partial charge on any atom is -0.481 e. The van der Waals surface area contributed by atoms with Crippen LogP contribution in [0.1, 0.15) is 43.9 Å². The maximum absolute atomic E-state index is 12.2. The summed E-state index contributed by atoms with van der Waals surface area (Å²) >= 11 is 0. The van der Waals surface area contributed by atoms with Crippen LogP contribution in [0.3, 0.4) is 0 Å². The summed E-state index contributed by atoms with van der Waals surface area (Å²) in [4.78, 5) is 26.7. The van der Waals surface area contributed by atoms with Crippen LogP contribution in [-0.2, 0) is 9.59 Å². The number of Topliss-reactive ketones (excluding diaryl/α,β-unsaturated/α-hetero) is 1. The molecule has 1 heterocycles. The Balaban J connectivity index is 1.92. The van der Waals surface area contributed by atoms with Gasteiger partial charge in [-0.05, 0) is 31.4 Å². The molecule has 1 aromatic heterocycles. The van der Waals surface area contributed by atoms with Crippen molar-refractivity contribution < 1.29 is 24.9 Å². The van der Waals surface area contributed by atoms with Gasteiger partial charge in [0.2, 0.25) is 0 Å². The molecule has 1 saturated carbocycles. The molecule has 0 aromatic carbocycles. The van der Waals surface area contributed by atoms with E-state index >= 15 is 0 Å². The van der Waals surface area contributed by atoms with E-state index < -0.39 is 24.1 Å². The highest BCUT2D eigenvalue weighted by atomic mass is 16.4. The maximum Gasteiger partial charge on any atom is 0.303 e. The molecule has 4 atom stereocenters. The molecule has 0 unspecified atom stereocenters. The van der Waals surface area contributed by atoms with Gasteiger partial charge in [0.05, 0.1) is 11.8 Å². The molecule has 0 spiro atoms. The van der Waals surface area contributed by atoms with Gasteiger partial charge >= 0.3 is 5.97 Å². The van der Waals surface area contributed by atoms with Gasteiger partial charge in [-0.15, -0.1) is 0 Å². The molecule has 0 aliphatic heterocycles. The number of aliphatic hydroxyl groups excluding tert-OH is 2. The normalized spacial score (nSPS) is 24.5. The van der Waals surface area contributed by atoms with E-state index in [1.807, 2.05) is 12.2 Å².